The molecule has 0 heterocycles. The number of carbonyl (C=O) groups excluding carboxylic acids is 1. The Bertz CT molecular complexity index is 241. The number of unbranched alkanes of at least 4 members (excludes halogenated alkanes) is 7. The summed E-state index contributed by atoms with van der Waals surface area (Å²) in [5.41, 5.74) is 0. The molecule has 0 amide bonds. The molecule has 1 atom stereocenters. The SMILES string of the molecule is CCCCCCCCOC(=O)C(S)CCCCCC(C)C. The molecule has 21 heavy (non-hydrogen) atoms. The van der Waals surface area contributed by atoms with Crippen LogP contribution in [0.5, 0.6) is 0 Å². The first-order valence-electron chi connectivity index (χ1n) is 8.92. The molecular formula is C18H36O2S. The van der Waals surface area contributed by atoms with Crippen LogP contribution in [0.25, 0.3) is 0 Å². The molecule has 0 aliphatic carbocycles. The minimum absolute atomic E-state index is 0.129. The zero-order valence-corrected chi connectivity index (χ0v) is 15.3. The fourth-order valence-electron chi connectivity index (χ4n) is 2.34. The normalized spacial score (nSPS) is 12.6. The number of carbonyl (C=O) groups is 1. The summed E-state index contributed by atoms with van der Waals surface area (Å²) in [5, 5.41) is -0.232. The Labute approximate surface area is 137 Å². The van der Waals surface area contributed by atoms with Gasteiger partial charge in [0.05, 0.1) is 11.9 Å². The highest BCUT2D eigenvalue weighted by Gasteiger charge is 2.14. The lowest BCUT2D eigenvalue weighted by Gasteiger charge is -2.11. The first-order chi connectivity index (χ1) is 10.1. The Balaban J connectivity index is 3.40. The third-order valence-corrected chi connectivity index (χ3v) is 4.24. The van der Waals surface area contributed by atoms with Crippen LogP contribution in [0.4, 0.5) is 0 Å². The van der Waals surface area contributed by atoms with Gasteiger partial charge in [-0.3, -0.25) is 4.79 Å². The molecule has 0 spiro atoms. The Hall–Kier alpha value is -0.180. The van der Waals surface area contributed by atoms with Crippen LogP contribution in [0.15, 0.2) is 0 Å². The highest BCUT2D eigenvalue weighted by Crippen LogP contribution is 2.14. The molecule has 0 fully saturated rings. The summed E-state index contributed by atoms with van der Waals surface area (Å²) >= 11 is 4.36. The fraction of sp³-hybridized carbons (Fsp3) is 0.944. The molecule has 0 radical (unpaired) electrons. The van der Waals surface area contributed by atoms with Gasteiger partial charge in [-0.2, -0.15) is 12.6 Å². The minimum Gasteiger partial charge on any atom is -0.465 e. The van der Waals surface area contributed by atoms with E-state index in [1.807, 2.05) is 0 Å². The molecule has 0 saturated heterocycles. The molecule has 0 bridgehead atoms. The van der Waals surface area contributed by atoms with Gasteiger partial charge in [0.1, 0.15) is 0 Å². The van der Waals surface area contributed by atoms with Crippen LogP contribution in [0.2, 0.25) is 0 Å². The predicted octanol–water partition coefficient (Wildman–Crippen LogP) is 5.80. The van der Waals surface area contributed by atoms with E-state index in [4.69, 9.17) is 4.74 Å². The zero-order valence-electron chi connectivity index (χ0n) is 14.4. The average molecular weight is 317 g/mol. The van der Waals surface area contributed by atoms with Crippen molar-refractivity contribution < 1.29 is 9.53 Å². The summed E-state index contributed by atoms with van der Waals surface area (Å²) in [7, 11) is 0. The zero-order chi connectivity index (χ0) is 15.9. The standard InChI is InChI=1S/C18H36O2S/c1-4-5-6-7-8-12-15-20-18(19)17(21)14-11-9-10-13-16(2)3/h16-17,21H,4-15H2,1-3H3. The number of esters is 1. The van der Waals surface area contributed by atoms with Crippen molar-refractivity contribution in [2.75, 3.05) is 6.61 Å². The second kappa shape index (κ2) is 14.7. The van der Waals surface area contributed by atoms with Crippen molar-refractivity contribution in [3.63, 3.8) is 0 Å². The first-order valence-corrected chi connectivity index (χ1v) is 9.44. The third-order valence-electron chi connectivity index (χ3n) is 3.77. The van der Waals surface area contributed by atoms with E-state index in [0.29, 0.717) is 6.61 Å². The van der Waals surface area contributed by atoms with E-state index in [-0.39, 0.29) is 11.2 Å². The third kappa shape index (κ3) is 14.5. The lowest BCUT2D eigenvalue weighted by molar-refractivity contribution is -0.143. The van der Waals surface area contributed by atoms with E-state index in [1.54, 1.807) is 0 Å². The number of thiol groups is 1. The van der Waals surface area contributed by atoms with Gasteiger partial charge in [-0.1, -0.05) is 78.6 Å². The van der Waals surface area contributed by atoms with Crippen molar-refractivity contribution in [2.24, 2.45) is 5.92 Å². The van der Waals surface area contributed by atoms with Crippen molar-refractivity contribution in [1.29, 1.82) is 0 Å². The molecule has 0 saturated carbocycles. The van der Waals surface area contributed by atoms with Gasteiger partial charge < -0.3 is 4.74 Å². The Morgan fingerprint density at radius 2 is 1.48 bits per heavy atom. The van der Waals surface area contributed by atoms with Crippen LogP contribution < -0.4 is 0 Å². The summed E-state index contributed by atoms with van der Waals surface area (Å²) in [5.74, 6) is 0.648. The van der Waals surface area contributed by atoms with Gasteiger partial charge in [-0.05, 0) is 18.8 Å². The van der Waals surface area contributed by atoms with Crippen molar-refractivity contribution in [2.45, 2.75) is 96.7 Å². The Morgan fingerprint density at radius 1 is 0.905 bits per heavy atom. The van der Waals surface area contributed by atoms with E-state index in [9.17, 15) is 4.79 Å². The van der Waals surface area contributed by atoms with E-state index in [2.05, 4.69) is 33.4 Å². The molecule has 0 aromatic rings. The molecule has 126 valence electrons. The summed E-state index contributed by atoms with van der Waals surface area (Å²) in [4.78, 5) is 11.8. The smallest absolute Gasteiger partial charge is 0.318 e. The van der Waals surface area contributed by atoms with E-state index in [1.165, 1.54) is 51.4 Å². The summed E-state index contributed by atoms with van der Waals surface area (Å²) in [6.07, 6.45) is 12.9. The highest BCUT2D eigenvalue weighted by molar-refractivity contribution is 7.81. The Kier molecular flexibility index (Phi) is 14.6. The van der Waals surface area contributed by atoms with Crippen LogP contribution in [0.3, 0.4) is 0 Å². The topological polar surface area (TPSA) is 26.3 Å². The van der Waals surface area contributed by atoms with Crippen LogP contribution >= 0.6 is 12.6 Å². The van der Waals surface area contributed by atoms with Gasteiger partial charge >= 0.3 is 5.97 Å². The molecule has 3 heteroatoms. The van der Waals surface area contributed by atoms with Gasteiger partial charge in [0.15, 0.2) is 0 Å². The average Bonchev–Trinajstić information content (AvgIpc) is 2.45. The highest BCUT2D eigenvalue weighted by atomic mass is 32.1. The largest absolute Gasteiger partial charge is 0.465 e. The van der Waals surface area contributed by atoms with Gasteiger partial charge in [0, 0.05) is 0 Å². The Morgan fingerprint density at radius 3 is 2.14 bits per heavy atom. The lowest BCUT2D eigenvalue weighted by Crippen LogP contribution is -2.18. The molecule has 1 unspecified atom stereocenters. The van der Waals surface area contributed by atoms with Crippen molar-refractivity contribution in [3.05, 3.63) is 0 Å². The maximum absolute atomic E-state index is 11.8. The first kappa shape index (κ1) is 20.8. The number of rotatable bonds is 14. The molecule has 0 aromatic heterocycles. The van der Waals surface area contributed by atoms with E-state index < -0.39 is 0 Å². The van der Waals surface area contributed by atoms with Crippen LogP contribution in [-0.2, 0) is 9.53 Å². The van der Waals surface area contributed by atoms with Crippen molar-refractivity contribution in [1.82, 2.24) is 0 Å². The number of hydrogen-bond donors (Lipinski definition) is 1. The molecule has 0 rings (SSSR count). The molecule has 0 aromatic carbocycles. The molecule has 0 aliphatic rings. The quantitative estimate of drug-likeness (QED) is 0.249. The molecule has 0 N–H and O–H groups in total. The molecule has 2 nitrogen and oxygen atoms in total. The van der Waals surface area contributed by atoms with Gasteiger partial charge in [-0.15, -0.1) is 0 Å². The molecule has 0 aliphatic heterocycles. The lowest BCUT2D eigenvalue weighted by atomic mass is 10.0. The predicted molar refractivity (Wildman–Crippen MR) is 95.0 cm³/mol. The van der Waals surface area contributed by atoms with Gasteiger partial charge in [0.2, 0.25) is 0 Å². The van der Waals surface area contributed by atoms with Crippen LogP contribution in [0.1, 0.15) is 91.4 Å². The van der Waals surface area contributed by atoms with Gasteiger partial charge in [0.25, 0.3) is 0 Å². The number of hydrogen-bond acceptors (Lipinski definition) is 3. The summed E-state index contributed by atoms with van der Waals surface area (Å²) in [6, 6.07) is 0. The van der Waals surface area contributed by atoms with Crippen molar-refractivity contribution in [3.8, 4) is 0 Å². The summed E-state index contributed by atoms with van der Waals surface area (Å²) in [6.45, 7) is 7.29. The molecular weight excluding hydrogens is 280 g/mol. The van der Waals surface area contributed by atoms with Crippen LogP contribution in [-0.4, -0.2) is 17.8 Å². The van der Waals surface area contributed by atoms with E-state index in [0.717, 1.165) is 25.2 Å². The number of ether oxygens (including phenoxy) is 1. The second-order valence-corrected chi connectivity index (χ2v) is 7.11. The monoisotopic (exact) mass is 316 g/mol. The van der Waals surface area contributed by atoms with Crippen LogP contribution in [0, 0.1) is 5.92 Å². The maximum Gasteiger partial charge on any atom is 0.318 e. The fourth-order valence-corrected chi connectivity index (χ4v) is 2.59. The second-order valence-electron chi connectivity index (χ2n) is 6.48. The van der Waals surface area contributed by atoms with Gasteiger partial charge in [-0.25, -0.2) is 0 Å². The van der Waals surface area contributed by atoms with Crippen molar-refractivity contribution >= 4 is 18.6 Å². The maximum atomic E-state index is 11.8. The minimum atomic E-state index is -0.232. The van der Waals surface area contributed by atoms with E-state index >= 15 is 0 Å². The summed E-state index contributed by atoms with van der Waals surface area (Å²) < 4.78 is 5.29.